The minimum absolute atomic E-state index is 0.0235. The Morgan fingerprint density at radius 2 is 1.69 bits per heavy atom. The number of rotatable bonds is 7. The molecule has 1 heterocycles. The van der Waals surface area contributed by atoms with Gasteiger partial charge in [-0.15, -0.1) is 0 Å². The molecule has 2 fully saturated rings. The number of anilines is 1. The van der Waals surface area contributed by atoms with E-state index in [0.717, 1.165) is 43.7 Å². The molecule has 2 aliphatic rings. The van der Waals surface area contributed by atoms with Crippen LogP contribution in [0.25, 0.3) is 0 Å². The number of methoxy groups -OCH3 is 1. The molecule has 0 unspecified atom stereocenters. The Morgan fingerprint density at radius 1 is 1.04 bits per heavy atom. The number of hydrogen-bond donors (Lipinski definition) is 1. The Bertz CT molecular complexity index is 559. The Balaban J connectivity index is 1.50. The summed E-state index contributed by atoms with van der Waals surface area (Å²) in [6, 6.07) is 7.66. The molecule has 3 rings (SSSR count). The summed E-state index contributed by atoms with van der Waals surface area (Å²) >= 11 is 0. The van der Waals surface area contributed by atoms with Crippen molar-refractivity contribution in [3.63, 3.8) is 0 Å². The maximum absolute atomic E-state index is 12.8. The number of benzene rings is 1. The summed E-state index contributed by atoms with van der Waals surface area (Å²) in [5, 5.41) is 3.03. The summed E-state index contributed by atoms with van der Waals surface area (Å²) in [7, 11) is 1.65. The molecule has 144 valence electrons. The molecule has 1 aliphatic heterocycles. The van der Waals surface area contributed by atoms with E-state index in [1.54, 1.807) is 7.11 Å². The highest BCUT2D eigenvalue weighted by atomic mass is 16.5. The molecule has 0 radical (unpaired) electrons. The van der Waals surface area contributed by atoms with Gasteiger partial charge in [-0.05, 0) is 63.0 Å². The van der Waals surface area contributed by atoms with Gasteiger partial charge in [-0.3, -0.25) is 9.69 Å². The third kappa shape index (κ3) is 4.98. The van der Waals surface area contributed by atoms with E-state index < -0.39 is 5.60 Å². The largest absolute Gasteiger partial charge is 0.492 e. The fraction of sp³-hybridized carbons (Fsp3) is 0.667. The maximum Gasteiger partial charge on any atom is 0.256 e. The van der Waals surface area contributed by atoms with E-state index >= 15 is 0 Å². The summed E-state index contributed by atoms with van der Waals surface area (Å²) in [5.74, 6) is 0.822. The normalized spacial score (nSPS) is 20.5. The molecule has 1 saturated heterocycles. The lowest BCUT2D eigenvalue weighted by Crippen LogP contribution is -2.44. The molecule has 1 aromatic rings. The Labute approximate surface area is 157 Å². The third-order valence-electron chi connectivity index (χ3n) is 5.70. The summed E-state index contributed by atoms with van der Waals surface area (Å²) in [4.78, 5) is 15.2. The van der Waals surface area contributed by atoms with Crippen LogP contribution in [-0.4, -0.2) is 49.8 Å². The van der Waals surface area contributed by atoms with Gasteiger partial charge in [-0.2, -0.15) is 0 Å². The fourth-order valence-corrected chi connectivity index (χ4v) is 4.00. The van der Waals surface area contributed by atoms with Crippen LogP contribution >= 0.6 is 0 Å². The molecule has 5 heteroatoms. The third-order valence-corrected chi connectivity index (χ3v) is 5.70. The SMILES string of the molecule is COC1(C(=O)Nc2ccc(OCCN3CCCC3)cc2)CCCCCC1. The number of amides is 1. The molecule has 1 aliphatic carbocycles. The van der Waals surface area contributed by atoms with Crippen molar-refractivity contribution >= 4 is 11.6 Å². The highest BCUT2D eigenvalue weighted by molar-refractivity contribution is 5.97. The number of nitrogens with zero attached hydrogens (tertiary/aromatic N) is 1. The van der Waals surface area contributed by atoms with Crippen LogP contribution in [0.4, 0.5) is 5.69 Å². The van der Waals surface area contributed by atoms with E-state index in [2.05, 4.69) is 10.2 Å². The number of ether oxygens (including phenoxy) is 2. The van der Waals surface area contributed by atoms with Gasteiger partial charge in [0.15, 0.2) is 0 Å². The first-order valence-electron chi connectivity index (χ1n) is 10.0. The average Bonchev–Trinajstić information content (AvgIpc) is 3.05. The van der Waals surface area contributed by atoms with Crippen LogP contribution in [0.1, 0.15) is 51.4 Å². The van der Waals surface area contributed by atoms with Gasteiger partial charge in [0.25, 0.3) is 5.91 Å². The molecule has 0 spiro atoms. The van der Waals surface area contributed by atoms with E-state index in [-0.39, 0.29) is 5.91 Å². The lowest BCUT2D eigenvalue weighted by molar-refractivity contribution is -0.139. The first-order valence-corrected chi connectivity index (χ1v) is 10.0. The second kappa shape index (κ2) is 9.38. The van der Waals surface area contributed by atoms with Crippen LogP contribution in [-0.2, 0) is 9.53 Å². The van der Waals surface area contributed by atoms with Crippen LogP contribution in [0.15, 0.2) is 24.3 Å². The summed E-state index contributed by atoms with van der Waals surface area (Å²) in [6.07, 6.45) is 8.66. The van der Waals surface area contributed by atoms with Gasteiger partial charge in [-0.25, -0.2) is 0 Å². The van der Waals surface area contributed by atoms with Crippen LogP contribution in [0.3, 0.4) is 0 Å². The quantitative estimate of drug-likeness (QED) is 0.751. The predicted molar refractivity (Wildman–Crippen MR) is 104 cm³/mol. The first-order chi connectivity index (χ1) is 12.7. The fourth-order valence-electron chi connectivity index (χ4n) is 4.00. The topological polar surface area (TPSA) is 50.8 Å². The minimum Gasteiger partial charge on any atom is -0.492 e. The van der Waals surface area contributed by atoms with Crippen molar-refractivity contribution in [3.05, 3.63) is 24.3 Å². The molecule has 1 saturated carbocycles. The van der Waals surface area contributed by atoms with Gasteiger partial charge in [0.2, 0.25) is 0 Å². The first kappa shape index (κ1) is 19.2. The van der Waals surface area contributed by atoms with Gasteiger partial charge in [0, 0.05) is 19.3 Å². The Kier molecular flexibility index (Phi) is 6.92. The van der Waals surface area contributed by atoms with Crippen LogP contribution < -0.4 is 10.1 Å². The summed E-state index contributed by atoms with van der Waals surface area (Å²) in [5.41, 5.74) is 0.115. The van der Waals surface area contributed by atoms with Crippen molar-refractivity contribution in [3.8, 4) is 5.75 Å². The molecular weight excluding hydrogens is 328 g/mol. The van der Waals surface area contributed by atoms with Crippen LogP contribution in [0.2, 0.25) is 0 Å². The number of nitrogens with one attached hydrogen (secondary N) is 1. The molecule has 1 N–H and O–H groups in total. The second-order valence-electron chi connectivity index (χ2n) is 7.49. The molecule has 5 nitrogen and oxygen atoms in total. The average molecular weight is 360 g/mol. The van der Waals surface area contributed by atoms with E-state index in [0.29, 0.717) is 6.61 Å². The van der Waals surface area contributed by atoms with Gasteiger partial charge >= 0.3 is 0 Å². The molecule has 0 atom stereocenters. The van der Waals surface area contributed by atoms with E-state index in [4.69, 9.17) is 9.47 Å². The summed E-state index contributed by atoms with van der Waals surface area (Å²) in [6.45, 7) is 4.07. The zero-order valence-corrected chi connectivity index (χ0v) is 16.0. The van der Waals surface area contributed by atoms with Crippen molar-refractivity contribution in [1.29, 1.82) is 0 Å². The summed E-state index contributed by atoms with van der Waals surface area (Å²) < 4.78 is 11.5. The number of hydrogen-bond acceptors (Lipinski definition) is 4. The Hall–Kier alpha value is -1.59. The molecular formula is C21H32N2O3. The highest BCUT2D eigenvalue weighted by Crippen LogP contribution is 2.31. The number of likely N-dealkylation sites (tertiary alicyclic amines) is 1. The lowest BCUT2D eigenvalue weighted by Gasteiger charge is -2.29. The van der Waals surface area contributed by atoms with Crippen molar-refractivity contribution in [2.24, 2.45) is 0 Å². The monoisotopic (exact) mass is 360 g/mol. The predicted octanol–water partition coefficient (Wildman–Crippen LogP) is 3.84. The zero-order chi connectivity index (χ0) is 18.2. The van der Waals surface area contributed by atoms with Crippen LogP contribution in [0, 0.1) is 0 Å². The van der Waals surface area contributed by atoms with Gasteiger partial charge < -0.3 is 14.8 Å². The molecule has 1 aromatic carbocycles. The van der Waals surface area contributed by atoms with E-state index in [1.807, 2.05) is 24.3 Å². The highest BCUT2D eigenvalue weighted by Gasteiger charge is 2.38. The van der Waals surface area contributed by atoms with E-state index in [1.165, 1.54) is 38.8 Å². The molecule has 1 amide bonds. The second-order valence-corrected chi connectivity index (χ2v) is 7.49. The van der Waals surface area contributed by atoms with Gasteiger partial charge in [-0.1, -0.05) is 25.7 Å². The van der Waals surface area contributed by atoms with Crippen molar-refractivity contribution in [2.75, 3.05) is 38.7 Å². The van der Waals surface area contributed by atoms with Crippen molar-refractivity contribution in [1.82, 2.24) is 4.90 Å². The Morgan fingerprint density at radius 3 is 2.31 bits per heavy atom. The molecule has 0 bridgehead atoms. The van der Waals surface area contributed by atoms with E-state index in [9.17, 15) is 4.79 Å². The zero-order valence-electron chi connectivity index (χ0n) is 16.0. The lowest BCUT2D eigenvalue weighted by atomic mass is 9.93. The van der Waals surface area contributed by atoms with Crippen molar-refractivity contribution < 1.29 is 14.3 Å². The number of carbonyl (C=O) groups is 1. The smallest absolute Gasteiger partial charge is 0.256 e. The number of carbonyl (C=O) groups excluding carboxylic acids is 1. The molecule has 26 heavy (non-hydrogen) atoms. The van der Waals surface area contributed by atoms with Gasteiger partial charge in [0.05, 0.1) is 0 Å². The van der Waals surface area contributed by atoms with Gasteiger partial charge in [0.1, 0.15) is 18.0 Å². The maximum atomic E-state index is 12.8. The van der Waals surface area contributed by atoms with Crippen LogP contribution in [0.5, 0.6) is 5.75 Å². The standard InChI is InChI=1S/C21H32N2O3/c1-25-21(12-4-2-3-5-13-21)20(24)22-18-8-10-19(11-9-18)26-17-16-23-14-6-7-15-23/h8-11H,2-7,12-17H2,1H3,(H,22,24). The molecule has 0 aromatic heterocycles. The minimum atomic E-state index is -0.679. The van der Waals surface area contributed by atoms with Crippen molar-refractivity contribution in [2.45, 2.75) is 57.0 Å².